The van der Waals surface area contributed by atoms with E-state index >= 15 is 0 Å². The van der Waals surface area contributed by atoms with Crippen molar-refractivity contribution < 1.29 is 5.11 Å². The molecule has 0 atom stereocenters. The number of nitrogens with zero attached hydrogens (tertiary/aromatic N) is 3. The molecule has 2 aromatic rings. The molecule has 4 nitrogen and oxygen atoms in total. The molecule has 110 valence electrons. The zero-order valence-corrected chi connectivity index (χ0v) is 12.6. The van der Waals surface area contributed by atoms with Crippen LogP contribution in [0.3, 0.4) is 0 Å². The van der Waals surface area contributed by atoms with Gasteiger partial charge in [0.25, 0.3) is 0 Å². The highest BCUT2D eigenvalue weighted by molar-refractivity contribution is 5.36. The molecule has 0 unspecified atom stereocenters. The Morgan fingerprint density at radius 3 is 2.52 bits per heavy atom. The van der Waals surface area contributed by atoms with Gasteiger partial charge >= 0.3 is 0 Å². The molecule has 0 saturated carbocycles. The van der Waals surface area contributed by atoms with E-state index in [0.29, 0.717) is 6.42 Å². The van der Waals surface area contributed by atoms with Crippen LogP contribution in [0, 0.1) is 11.8 Å². The third-order valence-corrected chi connectivity index (χ3v) is 3.18. The molecule has 0 aliphatic heterocycles. The summed E-state index contributed by atoms with van der Waals surface area (Å²) in [6, 6.07) is 8.14. The first-order chi connectivity index (χ1) is 10.3. The minimum absolute atomic E-state index is 0.108. The summed E-state index contributed by atoms with van der Waals surface area (Å²) in [6.07, 6.45) is 2.26. The summed E-state index contributed by atoms with van der Waals surface area (Å²) in [6.45, 7) is 5.01. The van der Waals surface area contributed by atoms with Crippen molar-refractivity contribution in [3.05, 3.63) is 47.0 Å². The van der Waals surface area contributed by atoms with Crippen LogP contribution in [-0.2, 0) is 19.4 Å². The number of aliphatic hydroxyl groups excluding tert-OH is 1. The Balaban J connectivity index is 2.10. The van der Waals surface area contributed by atoms with Gasteiger partial charge in [-0.1, -0.05) is 37.8 Å². The third-order valence-electron chi connectivity index (χ3n) is 3.18. The predicted octanol–water partition coefficient (Wildman–Crippen LogP) is 2.19. The van der Waals surface area contributed by atoms with Gasteiger partial charge in [0, 0.05) is 24.8 Å². The van der Waals surface area contributed by atoms with E-state index in [2.05, 4.69) is 47.9 Å². The summed E-state index contributed by atoms with van der Waals surface area (Å²) in [5.74, 6) is 7.88. The maximum Gasteiger partial charge on any atom is 0.150 e. The molecular formula is C17H21N3O. The molecule has 1 aromatic heterocycles. The van der Waals surface area contributed by atoms with Crippen molar-refractivity contribution in [2.24, 2.45) is 0 Å². The average Bonchev–Trinajstić information content (AvgIpc) is 2.91. The van der Waals surface area contributed by atoms with E-state index in [1.807, 2.05) is 16.8 Å². The van der Waals surface area contributed by atoms with Gasteiger partial charge in [-0.15, -0.1) is 0 Å². The summed E-state index contributed by atoms with van der Waals surface area (Å²) in [5, 5.41) is 13.2. The summed E-state index contributed by atoms with van der Waals surface area (Å²) < 4.78 is 1.98. The van der Waals surface area contributed by atoms with Crippen LogP contribution in [-0.4, -0.2) is 26.5 Å². The summed E-state index contributed by atoms with van der Waals surface area (Å²) in [4.78, 5) is 4.52. The van der Waals surface area contributed by atoms with E-state index < -0.39 is 0 Å². The quantitative estimate of drug-likeness (QED) is 0.856. The van der Waals surface area contributed by atoms with Gasteiger partial charge in [0.1, 0.15) is 5.82 Å². The fourth-order valence-corrected chi connectivity index (χ4v) is 2.05. The minimum Gasteiger partial charge on any atom is -0.395 e. The number of hydrogen-bond donors (Lipinski definition) is 1. The molecule has 2 rings (SSSR count). The van der Waals surface area contributed by atoms with E-state index in [9.17, 15) is 0 Å². The average molecular weight is 283 g/mol. The molecule has 0 radical (unpaired) electrons. The highest BCUT2D eigenvalue weighted by Crippen LogP contribution is 2.08. The lowest BCUT2D eigenvalue weighted by Crippen LogP contribution is -2.06. The molecule has 0 aliphatic carbocycles. The predicted molar refractivity (Wildman–Crippen MR) is 82.9 cm³/mol. The molecule has 1 N–H and O–H groups in total. The van der Waals surface area contributed by atoms with Crippen LogP contribution in [0.5, 0.6) is 0 Å². The van der Waals surface area contributed by atoms with E-state index in [0.717, 1.165) is 36.6 Å². The zero-order valence-electron chi connectivity index (χ0n) is 12.6. The van der Waals surface area contributed by atoms with Crippen molar-refractivity contribution in [1.29, 1.82) is 0 Å². The molecular weight excluding hydrogens is 262 g/mol. The molecule has 0 bridgehead atoms. The molecule has 0 saturated heterocycles. The number of rotatable bonds is 5. The number of aliphatic hydroxyl groups is 1. The molecule has 0 aliphatic rings. The van der Waals surface area contributed by atoms with Gasteiger partial charge in [0.15, 0.2) is 5.82 Å². The first-order valence-electron chi connectivity index (χ1n) is 7.38. The fourth-order valence-electron chi connectivity index (χ4n) is 2.05. The standard InChI is InChI=1S/C17H21N3O/c1-3-16-18-17(4-2)20(19-16)13-15-10-8-14(9-11-15)7-5-6-12-21/h8-11,21H,3-4,6,12-13H2,1-2H3. The van der Waals surface area contributed by atoms with E-state index in [4.69, 9.17) is 5.11 Å². The first-order valence-corrected chi connectivity index (χ1v) is 7.38. The van der Waals surface area contributed by atoms with Crippen LogP contribution in [0.4, 0.5) is 0 Å². The first kappa shape index (κ1) is 15.3. The van der Waals surface area contributed by atoms with Crippen LogP contribution in [0.25, 0.3) is 0 Å². The maximum absolute atomic E-state index is 8.71. The van der Waals surface area contributed by atoms with Crippen molar-refractivity contribution in [2.45, 2.75) is 39.7 Å². The summed E-state index contributed by atoms with van der Waals surface area (Å²) in [7, 11) is 0. The number of benzene rings is 1. The molecule has 21 heavy (non-hydrogen) atoms. The number of aromatic nitrogens is 3. The molecule has 4 heteroatoms. The fraction of sp³-hybridized carbons (Fsp3) is 0.412. The Morgan fingerprint density at radius 1 is 1.14 bits per heavy atom. The molecule has 1 aromatic carbocycles. The highest BCUT2D eigenvalue weighted by Gasteiger charge is 2.07. The molecule has 0 spiro atoms. The highest BCUT2D eigenvalue weighted by atomic mass is 16.2. The van der Waals surface area contributed by atoms with E-state index in [-0.39, 0.29) is 6.61 Å². The van der Waals surface area contributed by atoms with Crippen molar-refractivity contribution >= 4 is 0 Å². The number of aryl methyl sites for hydroxylation is 2. The van der Waals surface area contributed by atoms with Crippen LogP contribution >= 0.6 is 0 Å². The van der Waals surface area contributed by atoms with Gasteiger partial charge in [-0.3, -0.25) is 0 Å². The Hall–Kier alpha value is -2.12. The summed E-state index contributed by atoms with van der Waals surface area (Å²) >= 11 is 0. The summed E-state index contributed by atoms with van der Waals surface area (Å²) in [5.41, 5.74) is 2.15. The number of hydrogen-bond acceptors (Lipinski definition) is 3. The van der Waals surface area contributed by atoms with Gasteiger partial charge in [-0.25, -0.2) is 9.67 Å². The Bertz CT molecular complexity index is 632. The monoisotopic (exact) mass is 283 g/mol. The minimum atomic E-state index is 0.108. The van der Waals surface area contributed by atoms with Gasteiger partial charge < -0.3 is 5.11 Å². The van der Waals surface area contributed by atoms with Gasteiger partial charge in [0.2, 0.25) is 0 Å². The Morgan fingerprint density at radius 2 is 1.90 bits per heavy atom. The zero-order chi connectivity index (χ0) is 15.1. The van der Waals surface area contributed by atoms with E-state index in [1.165, 1.54) is 5.56 Å². The largest absolute Gasteiger partial charge is 0.395 e. The Labute approximate surface area is 125 Å². The SMILES string of the molecule is CCc1nc(CC)n(Cc2ccc(C#CCCO)cc2)n1. The van der Waals surface area contributed by atoms with Crippen molar-refractivity contribution in [3.8, 4) is 11.8 Å². The van der Waals surface area contributed by atoms with Crippen LogP contribution in [0.1, 0.15) is 43.0 Å². The third kappa shape index (κ3) is 4.17. The lowest BCUT2D eigenvalue weighted by Gasteiger charge is -2.04. The van der Waals surface area contributed by atoms with Gasteiger partial charge in [-0.2, -0.15) is 5.10 Å². The van der Waals surface area contributed by atoms with E-state index in [1.54, 1.807) is 0 Å². The lowest BCUT2D eigenvalue weighted by molar-refractivity contribution is 0.305. The van der Waals surface area contributed by atoms with Crippen LogP contribution in [0.15, 0.2) is 24.3 Å². The Kier molecular flexibility index (Phi) is 5.53. The van der Waals surface area contributed by atoms with Crippen molar-refractivity contribution in [2.75, 3.05) is 6.61 Å². The second kappa shape index (κ2) is 7.61. The van der Waals surface area contributed by atoms with Crippen molar-refractivity contribution in [3.63, 3.8) is 0 Å². The van der Waals surface area contributed by atoms with Crippen molar-refractivity contribution in [1.82, 2.24) is 14.8 Å². The molecule has 1 heterocycles. The van der Waals surface area contributed by atoms with Crippen LogP contribution < -0.4 is 0 Å². The molecule has 0 amide bonds. The van der Waals surface area contributed by atoms with Gasteiger partial charge in [0.05, 0.1) is 13.2 Å². The van der Waals surface area contributed by atoms with Crippen LogP contribution in [0.2, 0.25) is 0 Å². The lowest BCUT2D eigenvalue weighted by atomic mass is 10.1. The second-order valence-corrected chi connectivity index (χ2v) is 4.78. The second-order valence-electron chi connectivity index (χ2n) is 4.78. The molecule has 0 fully saturated rings. The maximum atomic E-state index is 8.71. The topological polar surface area (TPSA) is 50.9 Å². The normalized spacial score (nSPS) is 10.2. The van der Waals surface area contributed by atoms with Gasteiger partial charge in [-0.05, 0) is 17.7 Å². The smallest absolute Gasteiger partial charge is 0.150 e.